The summed E-state index contributed by atoms with van der Waals surface area (Å²) in [5, 5.41) is 10.3. The van der Waals surface area contributed by atoms with E-state index in [0.717, 1.165) is 11.1 Å². The van der Waals surface area contributed by atoms with E-state index in [1.807, 2.05) is 48.1 Å². The zero-order chi connectivity index (χ0) is 17.5. The first-order valence-electron chi connectivity index (χ1n) is 8.16. The minimum Gasteiger partial charge on any atom is -0.447 e. The monoisotopic (exact) mass is 339 g/mol. The average Bonchev–Trinajstić information content (AvgIpc) is 3.32. The highest BCUT2D eigenvalue weighted by Gasteiger charge is 2.11. The van der Waals surface area contributed by atoms with Crippen molar-refractivity contribution in [1.29, 1.82) is 0 Å². The first kappa shape index (κ1) is 16.9. The van der Waals surface area contributed by atoms with Crippen molar-refractivity contribution in [2.24, 2.45) is 0 Å². The van der Waals surface area contributed by atoms with E-state index in [9.17, 15) is 4.79 Å². The predicted octanol–water partition coefficient (Wildman–Crippen LogP) is 1.89. The van der Waals surface area contributed by atoms with Crippen molar-refractivity contribution in [2.75, 3.05) is 6.54 Å². The molecule has 1 amide bonds. The molecular formula is C18H21N5O2. The molecule has 2 heterocycles. The molecule has 0 aliphatic heterocycles. The second kappa shape index (κ2) is 8.25. The summed E-state index contributed by atoms with van der Waals surface area (Å²) in [7, 11) is 0. The maximum atomic E-state index is 12.1. The normalized spacial score (nSPS) is 12.0. The first-order valence-corrected chi connectivity index (χ1v) is 8.16. The van der Waals surface area contributed by atoms with Crippen molar-refractivity contribution >= 4 is 5.91 Å². The Morgan fingerprint density at radius 1 is 1.24 bits per heavy atom. The zero-order valence-electron chi connectivity index (χ0n) is 14.1. The van der Waals surface area contributed by atoms with Crippen LogP contribution in [-0.2, 0) is 17.9 Å². The molecule has 0 saturated heterocycles. The molecule has 7 heteroatoms. The Kier molecular flexibility index (Phi) is 5.58. The van der Waals surface area contributed by atoms with Gasteiger partial charge < -0.3 is 9.73 Å². The van der Waals surface area contributed by atoms with E-state index in [-0.39, 0.29) is 18.5 Å². The number of carbonyl (C=O) groups is 1. The number of aromatic nitrogens is 3. The third kappa shape index (κ3) is 4.77. The third-order valence-electron chi connectivity index (χ3n) is 3.88. The van der Waals surface area contributed by atoms with E-state index in [2.05, 4.69) is 20.7 Å². The maximum absolute atomic E-state index is 12.1. The van der Waals surface area contributed by atoms with Crippen LogP contribution >= 0.6 is 0 Å². The molecule has 2 aromatic heterocycles. The van der Waals surface area contributed by atoms with Gasteiger partial charge in [0, 0.05) is 18.9 Å². The number of benzene rings is 1. The van der Waals surface area contributed by atoms with Crippen molar-refractivity contribution in [2.45, 2.75) is 26.1 Å². The molecule has 25 heavy (non-hydrogen) atoms. The van der Waals surface area contributed by atoms with Crippen LogP contribution in [0.2, 0.25) is 0 Å². The summed E-state index contributed by atoms with van der Waals surface area (Å²) >= 11 is 0. The lowest BCUT2D eigenvalue weighted by atomic mass is 10.1. The highest BCUT2D eigenvalue weighted by Crippen LogP contribution is 2.10. The number of amides is 1. The molecule has 0 aliphatic carbocycles. The van der Waals surface area contributed by atoms with Gasteiger partial charge in [0.25, 0.3) is 0 Å². The summed E-state index contributed by atoms with van der Waals surface area (Å²) in [6.07, 6.45) is 6.78. The van der Waals surface area contributed by atoms with Gasteiger partial charge in [0.1, 0.15) is 6.26 Å². The zero-order valence-corrected chi connectivity index (χ0v) is 14.1. The molecule has 0 fully saturated rings. The number of carbonyl (C=O) groups excluding carboxylic acids is 1. The minimum absolute atomic E-state index is 0.0766. The highest BCUT2D eigenvalue weighted by atomic mass is 16.3. The summed E-state index contributed by atoms with van der Waals surface area (Å²) in [5.41, 5.74) is 2.21. The molecule has 3 aromatic rings. The number of rotatable bonds is 8. The van der Waals surface area contributed by atoms with Crippen molar-refractivity contribution < 1.29 is 9.21 Å². The molecule has 1 aromatic carbocycles. The maximum Gasteiger partial charge on any atom is 0.234 e. The van der Waals surface area contributed by atoms with Gasteiger partial charge in [-0.1, -0.05) is 24.3 Å². The van der Waals surface area contributed by atoms with Crippen molar-refractivity contribution in [3.8, 4) is 0 Å². The van der Waals surface area contributed by atoms with E-state index >= 15 is 0 Å². The van der Waals surface area contributed by atoms with Crippen LogP contribution in [0.3, 0.4) is 0 Å². The summed E-state index contributed by atoms with van der Waals surface area (Å²) in [6, 6.07) is 9.80. The molecule has 0 bridgehead atoms. The molecule has 0 saturated carbocycles. The molecule has 3 rings (SSSR count). The third-order valence-corrected chi connectivity index (χ3v) is 3.88. The highest BCUT2D eigenvalue weighted by molar-refractivity contribution is 5.78. The van der Waals surface area contributed by atoms with Gasteiger partial charge >= 0.3 is 0 Å². The fourth-order valence-corrected chi connectivity index (χ4v) is 2.49. The van der Waals surface area contributed by atoms with Crippen LogP contribution in [0.15, 0.2) is 59.6 Å². The van der Waals surface area contributed by atoms with E-state index in [1.54, 1.807) is 12.4 Å². The van der Waals surface area contributed by atoms with Gasteiger partial charge in [0.15, 0.2) is 0 Å². The molecule has 0 radical (unpaired) electrons. The summed E-state index contributed by atoms with van der Waals surface area (Å²) in [5.74, 6) is 0.490. The Morgan fingerprint density at radius 2 is 2.08 bits per heavy atom. The lowest BCUT2D eigenvalue weighted by molar-refractivity contribution is -0.120. The fraction of sp³-hybridized carbons (Fsp3) is 0.278. The first-order chi connectivity index (χ1) is 12.2. The van der Waals surface area contributed by atoms with E-state index in [1.165, 1.54) is 6.26 Å². The van der Waals surface area contributed by atoms with E-state index < -0.39 is 0 Å². The van der Waals surface area contributed by atoms with Gasteiger partial charge in [-0.2, -0.15) is 5.10 Å². The Bertz CT molecular complexity index is 784. The van der Waals surface area contributed by atoms with Crippen molar-refractivity contribution in [1.82, 2.24) is 25.4 Å². The number of nitrogens with one attached hydrogen (secondary N) is 2. The Labute approximate surface area is 146 Å². The van der Waals surface area contributed by atoms with Crippen LogP contribution in [0.4, 0.5) is 0 Å². The molecule has 0 spiro atoms. The van der Waals surface area contributed by atoms with Crippen molar-refractivity contribution in [3.05, 3.63) is 72.2 Å². The van der Waals surface area contributed by atoms with Gasteiger partial charge in [-0.15, -0.1) is 0 Å². The number of oxazole rings is 1. The SMILES string of the molecule is CC(NCC(=O)NCc1ccccc1Cn1cccn1)c1ncco1. The predicted molar refractivity (Wildman–Crippen MR) is 92.5 cm³/mol. The number of nitrogens with zero attached hydrogens (tertiary/aromatic N) is 3. The van der Waals surface area contributed by atoms with Gasteiger partial charge in [-0.05, 0) is 24.1 Å². The summed E-state index contributed by atoms with van der Waals surface area (Å²) in [6.45, 7) is 3.26. The molecule has 0 aliphatic rings. The minimum atomic E-state index is -0.118. The lowest BCUT2D eigenvalue weighted by Crippen LogP contribution is -2.35. The van der Waals surface area contributed by atoms with Crippen LogP contribution in [0.5, 0.6) is 0 Å². The quantitative estimate of drug-likeness (QED) is 0.655. The topological polar surface area (TPSA) is 85.0 Å². The van der Waals surface area contributed by atoms with E-state index in [4.69, 9.17) is 4.42 Å². The number of hydrogen-bond donors (Lipinski definition) is 2. The van der Waals surface area contributed by atoms with Crippen LogP contribution < -0.4 is 10.6 Å². The van der Waals surface area contributed by atoms with Gasteiger partial charge in [0.05, 0.1) is 25.3 Å². The Hall–Kier alpha value is -2.93. The average molecular weight is 339 g/mol. The largest absolute Gasteiger partial charge is 0.447 e. The molecule has 1 unspecified atom stereocenters. The fourth-order valence-electron chi connectivity index (χ4n) is 2.49. The van der Waals surface area contributed by atoms with Crippen LogP contribution in [0.25, 0.3) is 0 Å². The van der Waals surface area contributed by atoms with Crippen LogP contribution in [0, 0.1) is 0 Å². The molecule has 7 nitrogen and oxygen atoms in total. The molecule has 130 valence electrons. The van der Waals surface area contributed by atoms with E-state index in [0.29, 0.717) is 19.0 Å². The van der Waals surface area contributed by atoms with Gasteiger partial charge in [0.2, 0.25) is 11.8 Å². The summed E-state index contributed by atoms with van der Waals surface area (Å²) < 4.78 is 7.07. The van der Waals surface area contributed by atoms with Crippen molar-refractivity contribution in [3.63, 3.8) is 0 Å². The Morgan fingerprint density at radius 3 is 2.80 bits per heavy atom. The second-order valence-electron chi connectivity index (χ2n) is 5.72. The molecule has 1 atom stereocenters. The number of hydrogen-bond acceptors (Lipinski definition) is 5. The Balaban J connectivity index is 1.50. The van der Waals surface area contributed by atoms with Gasteiger partial charge in [-0.3, -0.25) is 14.8 Å². The van der Waals surface area contributed by atoms with Gasteiger partial charge in [-0.25, -0.2) is 4.98 Å². The molecular weight excluding hydrogens is 318 g/mol. The standard InChI is InChI=1S/C18H21N5O2/c1-14(18-19-8-10-25-18)20-12-17(24)21-11-15-5-2-3-6-16(15)13-23-9-4-7-22-23/h2-10,14,20H,11-13H2,1H3,(H,21,24). The summed E-state index contributed by atoms with van der Waals surface area (Å²) in [4.78, 5) is 16.1. The van der Waals surface area contributed by atoms with Crippen LogP contribution in [-0.4, -0.2) is 27.2 Å². The second-order valence-corrected chi connectivity index (χ2v) is 5.72. The van der Waals surface area contributed by atoms with Crippen LogP contribution in [0.1, 0.15) is 30.0 Å². The smallest absolute Gasteiger partial charge is 0.234 e. The lowest BCUT2D eigenvalue weighted by Gasteiger charge is -2.13. The molecule has 2 N–H and O–H groups in total.